The molecule has 0 aliphatic carbocycles. The smallest absolute Gasteiger partial charge is 0.346 e. The lowest BCUT2D eigenvalue weighted by molar-refractivity contribution is 0.0474. The Morgan fingerprint density at radius 3 is 2.75 bits per heavy atom. The number of esters is 1. The first-order valence-electron chi connectivity index (χ1n) is 6.98. The number of carbonyl (C=O) groups is 1. The average Bonchev–Trinajstić information content (AvgIpc) is 2.85. The Hall–Kier alpha value is -2.80. The lowest BCUT2D eigenvalue weighted by Gasteiger charge is -2.08. The van der Waals surface area contributed by atoms with Crippen LogP contribution >= 0.6 is 11.6 Å². The summed E-state index contributed by atoms with van der Waals surface area (Å²) in [5, 5.41) is 4.70. The zero-order valence-electron chi connectivity index (χ0n) is 12.9. The van der Waals surface area contributed by atoms with Crippen molar-refractivity contribution in [2.45, 2.75) is 20.5 Å². The Morgan fingerprint density at radius 2 is 2.08 bits per heavy atom. The molecule has 0 aliphatic heterocycles. The third-order valence-corrected chi connectivity index (χ3v) is 3.97. The number of nitrogens with zero attached hydrogens (tertiary/aromatic N) is 1. The Kier molecular flexibility index (Phi) is 4.02. The van der Waals surface area contributed by atoms with E-state index in [2.05, 4.69) is 5.16 Å². The van der Waals surface area contributed by atoms with Crippen LogP contribution in [0.15, 0.2) is 31.9 Å². The molecule has 0 unspecified atom stereocenters. The van der Waals surface area contributed by atoms with Crippen LogP contribution in [-0.4, -0.2) is 11.1 Å². The molecule has 0 atom stereocenters. The Morgan fingerprint density at radius 1 is 1.33 bits per heavy atom. The summed E-state index contributed by atoms with van der Waals surface area (Å²) in [6, 6.07) is 4.58. The van der Waals surface area contributed by atoms with Gasteiger partial charge in [-0.15, -0.1) is 0 Å². The molecule has 0 radical (unpaired) electrons. The van der Waals surface area contributed by atoms with Crippen molar-refractivity contribution >= 4 is 34.4 Å². The van der Waals surface area contributed by atoms with Crippen LogP contribution in [0.2, 0.25) is 5.02 Å². The van der Waals surface area contributed by atoms with Crippen molar-refractivity contribution in [1.82, 2.24) is 5.16 Å². The number of fused-ring (bicyclic) bond motifs is 1. The Bertz CT molecular complexity index is 986. The van der Waals surface area contributed by atoms with Crippen LogP contribution in [0.1, 0.15) is 27.2 Å². The van der Waals surface area contributed by atoms with Crippen molar-refractivity contribution in [2.24, 2.45) is 0 Å². The summed E-state index contributed by atoms with van der Waals surface area (Å²) in [7, 11) is 0. The maximum absolute atomic E-state index is 12.1. The molecule has 0 aliphatic rings. The van der Waals surface area contributed by atoms with Crippen LogP contribution in [0.4, 0.5) is 5.88 Å². The maximum Gasteiger partial charge on any atom is 0.346 e. The molecule has 2 N–H and O–H groups in total. The summed E-state index contributed by atoms with van der Waals surface area (Å²) in [5.41, 5.74) is 7.02. The van der Waals surface area contributed by atoms with E-state index in [0.717, 1.165) is 5.56 Å². The first kappa shape index (κ1) is 16.1. The van der Waals surface area contributed by atoms with Gasteiger partial charge < -0.3 is 19.4 Å². The SMILES string of the molecule is Cc1cc2oc(=O)cc(COC(=O)c3c(C)noc3N)c2cc1Cl. The number of ether oxygens (including phenoxy) is 1. The molecule has 0 saturated heterocycles. The van der Waals surface area contributed by atoms with E-state index >= 15 is 0 Å². The minimum Gasteiger partial charge on any atom is -0.457 e. The predicted molar refractivity (Wildman–Crippen MR) is 87.0 cm³/mol. The van der Waals surface area contributed by atoms with Crippen molar-refractivity contribution in [1.29, 1.82) is 0 Å². The van der Waals surface area contributed by atoms with Crippen molar-refractivity contribution in [3.8, 4) is 0 Å². The van der Waals surface area contributed by atoms with Gasteiger partial charge in [0.2, 0.25) is 5.88 Å². The van der Waals surface area contributed by atoms with Crippen molar-refractivity contribution in [3.05, 3.63) is 56.0 Å². The lowest BCUT2D eigenvalue weighted by atomic mass is 10.1. The van der Waals surface area contributed by atoms with Gasteiger partial charge in [-0.3, -0.25) is 0 Å². The predicted octanol–water partition coefficient (Wildman–Crippen LogP) is 2.99. The third-order valence-electron chi connectivity index (χ3n) is 3.56. The number of anilines is 1. The van der Waals surface area contributed by atoms with Crippen LogP contribution in [0.3, 0.4) is 0 Å². The number of hydrogen-bond donors (Lipinski definition) is 1. The molecule has 124 valence electrons. The second-order valence-corrected chi connectivity index (χ2v) is 5.68. The fourth-order valence-corrected chi connectivity index (χ4v) is 2.48. The molecule has 3 aromatic rings. The van der Waals surface area contributed by atoms with E-state index in [1.165, 1.54) is 6.07 Å². The number of benzene rings is 1. The van der Waals surface area contributed by atoms with Gasteiger partial charge in [0.15, 0.2) is 0 Å². The highest BCUT2D eigenvalue weighted by molar-refractivity contribution is 6.32. The Labute approximate surface area is 140 Å². The van der Waals surface area contributed by atoms with Gasteiger partial charge in [0.05, 0.1) is 5.69 Å². The van der Waals surface area contributed by atoms with E-state index in [1.54, 1.807) is 26.0 Å². The maximum atomic E-state index is 12.1. The molecular weight excluding hydrogens is 336 g/mol. The van der Waals surface area contributed by atoms with Gasteiger partial charge in [0.25, 0.3) is 0 Å². The zero-order valence-corrected chi connectivity index (χ0v) is 13.6. The van der Waals surface area contributed by atoms with E-state index in [1.807, 2.05) is 0 Å². The topological polar surface area (TPSA) is 109 Å². The van der Waals surface area contributed by atoms with Gasteiger partial charge in [-0.25, -0.2) is 9.59 Å². The number of rotatable bonds is 3. The average molecular weight is 349 g/mol. The molecule has 3 rings (SSSR count). The van der Waals surface area contributed by atoms with E-state index in [-0.39, 0.29) is 18.1 Å². The monoisotopic (exact) mass is 348 g/mol. The highest BCUT2D eigenvalue weighted by atomic mass is 35.5. The molecule has 24 heavy (non-hydrogen) atoms. The first-order chi connectivity index (χ1) is 11.4. The summed E-state index contributed by atoms with van der Waals surface area (Å²) < 4.78 is 15.1. The number of nitrogens with two attached hydrogens (primary N) is 1. The number of aryl methyl sites for hydroxylation is 2. The molecule has 8 heteroatoms. The van der Waals surface area contributed by atoms with Crippen LogP contribution in [0.25, 0.3) is 11.0 Å². The van der Waals surface area contributed by atoms with Crippen molar-refractivity contribution < 1.29 is 18.5 Å². The van der Waals surface area contributed by atoms with Gasteiger partial charge >= 0.3 is 11.6 Å². The molecule has 0 fully saturated rings. The van der Waals surface area contributed by atoms with Gasteiger partial charge in [-0.1, -0.05) is 16.8 Å². The molecule has 7 nitrogen and oxygen atoms in total. The second-order valence-electron chi connectivity index (χ2n) is 5.27. The van der Waals surface area contributed by atoms with Gasteiger partial charge in [-0.2, -0.15) is 0 Å². The van der Waals surface area contributed by atoms with Crippen LogP contribution in [0.5, 0.6) is 0 Å². The van der Waals surface area contributed by atoms with Crippen LogP contribution in [-0.2, 0) is 11.3 Å². The number of carbonyl (C=O) groups excluding carboxylic acids is 1. The molecule has 0 spiro atoms. The summed E-state index contributed by atoms with van der Waals surface area (Å²) >= 11 is 6.12. The van der Waals surface area contributed by atoms with Gasteiger partial charge in [-0.05, 0) is 31.5 Å². The normalized spacial score (nSPS) is 11.0. The molecule has 1 aromatic carbocycles. The summed E-state index contributed by atoms with van der Waals surface area (Å²) in [6.07, 6.45) is 0. The highest BCUT2D eigenvalue weighted by Gasteiger charge is 2.20. The van der Waals surface area contributed by atoms with Crippen LogP contribution in [0, 0.1) is 13.8 Å². The molecule has 2 aromatic heterocycles. The minimum atomic E-state index is -0.689. The molecule has 2 heterocycles. The van der Waals surface area contributed by atoms with Crippen LogP contribution < -0.4 is 11.4 Å². The zero-order chi connectivity index (χ0) is 17.4. The minimum absolute atomic E-state index is 0.0659. The number of hydrogen-bond acceptors (Lipinski definition) is 7. The Balaban J connectivity index is 1.94. The van der Waals surface area contributed by atoms with E-state index in [9.17, 15) is 9.59 Å². The fraction of sp³-hybridized carbons (Fsp3) is 0.188. The van der Waals surface area contributed by atoms with Crippen molar-refractivity contribution in [2.75, 3.05) is 5.73 Å². The molecular formula is C16H13ClN2O5. The van der Waals surface area contributed by atoms with Crippen molar-refractivity contribution in [3.63, 3.8) is 0 Å². The first-order valence-corrected chi connectivity index (χ1v) is 7.36. The fourth-order valence-electron chi connectivity index (χ4n) is 2.32. The number of halogens is 1. The van der Waals surface area contributed by atoms with E-state index in [0.29, 0.717) is 27.2 Å². The largest absolute Gasteiger partial charge is 0.457 e. The standard InChI is InChI=1S/C16H13ClN2O5/c1-7-3-12-10(5-11(7)17)9(4-13(20)23-12)6-22-16(21)14-8(2)19-24-15(14)18/h3-5H,6,18H2,1-2H3. The van der Waals surface area contributed by atoms with Gasteiger partial charge in [0.1, 0.15) is 17.8 Å². The third kappa shape index (κ3) is 2.85. The summed E-state index contributed by atoms with van der Waals surface area (Å²) in [5.74, 6) is -0.806. The summed E-state index contributed by atoms with van der Waals surface area (Å²) in [4.78, 5) is 23.8. The quantitative estimate of drug-likeness (QED) is 0.572. The van der Waals surface area contributed by atoms with Gasteiger partial charge in [0, 0.05) is 22.0 Å². The summed E-state index contributed by atoms with van der Waals surface area (Å²) in [6.45, 7) is 3.22. The highest BCUT2D eigenvalue weighted by Crippen LogP contribution is 2.26. The van der Waals surface area contributed by atoms with E-state index in [4.69, 9.17) is 31.0 Å². The number of nitrogen functional groups attached to an aromatic ring is 1. The number of aromatic nitrogens is 1. The van der Waals surface area contributed by atoms with E-state index < -0.39 is 11.6 Å². The molecule has 0 bridgehead atoms. The second kappa shape index (κ2) is 6.01. The lowest BCUT2D eigenvalue weighted by Crippen LogP contribution is -2.10. The molecule has 0 saturated carbocycles. The molecule has 0 amide bonds.